The Hall–Kier alpha value is -1.23. The maximum Gasteiger partial charge on any atom is 0.410 e. The van der Waals surface area contributed by atoms with Crippen molar-refractivity contribution in [3.8, 4) is 0 Å². The van der Waals surface area contributed by atoms with Crippen LogP contribution in [0, 0.1) is 5.92 Å². The number of nitrogens with one attached hydrogen (secondary N) is 2. The third-order valence-electron chi connectivity index (χ3n) is 5.61. The van der Waals surface area contributed by atoms with Gasteiger partial charge in [0, 0.05) is 45.8 Å². The Kier molecular flexibility index (Phi) is 10.2. The minimum atomic E-state index is -0.451. The van der Waals surface area contributed by atoms with Crippen molar-refractivity contribution in [2.24, 2.45) is 10.9 Å². The second-order valence-corrected chi connectivity index (χ2v) is 10.2. The number of halogens is 1. The summed E-state index contributed by atoms with van der Waals surface area (Å²) in [6, 6.07) is 4.76. The van der Waals surface area contributed by atoms with Crippen LogP contribution in [0.15, 0.2) is 22.5 Å². The van der Waals surface area contributed by atoms with Gasteiger partial charge in [-0.15, -0.1) is 35.3 Å². The van der Waals surface area contributed by atoms with Gasteiger partial charge < -0.3 is 25.2 Å². The lowest BCUT2D eigenvalue weighted by Crippen LogP contribution is -2.51. The van der Waals surface area contributed by atoms with E-state index in [1.807, 2.05) is 44.1 Å². The lowest BCUT2D eigenvalue weighted by molar-refractivity contribution is 0.0168. The minimum absolute atomic E-state index is 0. The topological polar surface area (TPSA) is 69.2 Å². The van der Waals surface area contributed by atoms with Crippen molar-refractivity contribution in [1.82, 2.24) is 15.5 Å². The summed E-state index contributed by atoms with van der Waals surface area (Å²) < 4.78 is 5.54. The van der Waals surface area contributed by atoms with Gasteiger partial charge in [0.25, 0.3) is 0 Å². The maximum absolute atomic E-state index is 12.4. The van der Waals surface area contributed by atoms with E-state index in [0.29, 0.717) is 12.0 Å². The molecule has 7 nitrogen and oxygen atoms in total. The number of rotatable bonds is 4. The van der Waals surface area contributed by atoms with Crippen LogP contribution in [0.4, 0.5) is 9.80 Å². The zero-order valence-electron chi connectivity index (χ0n) is 19.2. The number of hydrogen-bond donors (Lipinski definition) is 2. The summed E-state index contributed by atoms with van der Waals surface area (Å²) in [5, 5.41) is 10.6. The van der Waals surface area contributed by atoms with Crippen molar-refractivity contribution in [3.63, 3.8) is 0 Å². The van der Waals surface area contributed by atoms with E-state index < -0.39 is 5.60 Å². The fraction of sp³-hybridized carbons (Fsp3) is 0.727. The van der Waals surface area contributed by atoms with Crippen LogP contribution in [0.25, 0.3) is 0 Å². The number of aliphatic imine (C=N–C) groups is 1. The second-order valence-electron chi connectivity index (χ2n) is 9.24. The number of carbonyl (C=O) groups excluding carboxylic acids is 1. The smallest absolute Gasteiger partial charge is 0.410 e. The van der Waals surface area contributed by atoms with Crippen LogP contribution < -0.4 is 15.5 Å². The van der Waals surface area contributed by atoms with Gasteiger partial charge in [0.1, 0.15) is 5.60 Å². The van der Waals surface area contributed by atoms with Crippen molar-refractivity contribution in [2.45, 2.75) is 58.1 Å². The molecule has 2 aliphatic rings. The standard InChI is InChI=1S/C22H37N5O2S.HI/c1-22(2,3)29-21(28)27-11-5-7-17(16-27)15-24-20(23-4)25-18-9-12-26(13-10-18)19-8-6-14-30-19;/h6,8,14,17-18H,5,7,9-13,15-16H2,1-4H3,(H2,23,24,25);1H. The number of ether oxygens (including phenoxy) is 1. The van der Waals surface area contributed by atoms with Crippen molar-refractivity contribution < 1.29 is 9.53 Å². The van der Waals surface area contributed by atoms with Crippen molar-refractivity contribution in [1.29, 1.82) is 0 Å². The Morgan fingerprint density at radius 1 is 1.26 bits per heavy atom. The summed E-state index contributed by atoms with van der Waals surface area (Å²) >= 11 is 1.81. The first-order chi connectivity index (χ1) is 14.3. The molecule has 2 fully saturated rings. The molecule has 176 valence electrons. The molecule has 0 aliphatic carbocycles. The van der Waals surface area contributed by atoms with E-state index in [4.69, 9.17) is 4.74 Å². The van der Waals surface area contributed by atoms with Gasteiger partial charge in [-0.25, -0.2) is 4.79 Å². The predicted octanol–water partition coefficient (Wildman–Crippen LogP) is 4.15. The fourth-order valence-electron chi connectivity index (χ4n) is 4.05. The highest BCUT2D eigenvalue weighted by molar-refractivity contribution is 14.0. The van der Waals surface area contributed by atoms with Gasteiger partial charge >= 0.3 is 6.09 Å². The molecule has 0 saturated carbocycles. The molecule has 0 aromatic carbocycles. The molecule has 31 heavy (non-hydrogen) atoms. The Morgan fingerprint density at radius 2 is 2.00 bits per heavy atom. The summed E-state index contributed by atoms with van der Waals surface area (Å²) in [6.07, 6.45) is 4.14. The van der Waals surface area contributed by atoms with Crippen LogP contribution in [0.3, 0.4) is 0 Å². The number of nitrogens with zero attached hydrogens (tertiary/aromatic N) is 3. The summed E-state index contributed by atoms with van der Waals surface area (Å²) in [7, 11) is 1.82. The lowest BCUT2D eigenvalue weighted by atomic mass is 9.98. The first-order valence-electron chi connectivity index (χ1n) is 11.1. The van der Waals surface area contributed by atoms with E-state index in [2.05, 4.69) is 38.0 Å². The van der Waals surface area contributed by atoms with E-state index in [1.165, 1.54) is 5.00 Å². The van der Waals surface area contributed by atoms with Crippen LogP contribution >= 0.6 is 35.3 Å². The Labute approximate surface area is 208 Å². The van der Waals surface area contributed by atoms with Gasteiger partial charge in [-0.2, -0.15) is 0 Å². The minimum Gasteiger partial charge on any atom is -0.444 e. The maximum atomic E-state index is 12.4. The number of piperidine rings is 2. The molecular weight excluding hydrogens is 525 g/mol. The van der Waals surface area contributed by atoms with Crippen LogP contribution in [-0.4, -0.2) is 68.4 Å². The van der Waals surface area contributed by atoms with Gasteiger partial charge in [0.2, 0.25) is 0 Å². The quantitative estimate of drug-likeness (QED) is 0.328. The van der Waals surface area contributed by atoms with Gasteiger partial charge in [-0.05, 0) is 69.9 Å². The SMILES string of the molecule is CN=C(NCC1CCCN(C(=O)OC(C)(C)C)C1)NC1CCN(c2cccs2)CC1.I. The largest absolute Gasteiger partial charge is 0.444 e. The highest BCUT2D eigenvalue weighted by Gasteiger charge is 2.28. The van der Waals surface area contributed by atoms with Crippen LogP contribution in [0.5, 0.6) is 0 Å². The van der Waals surface area contributed by atoms with Crippen LogP contribution in [0.2, 0.25) is 0 Å². The van der Waals surface area contributed by atoms with Gasteiger partial charge in [0.05, 0.1) is 5.00 Å². The first-order valence-corrected chi connectivity index (χ1v) is 12.0. The third kappa shape index (κ3) is 8.32. The highest BCUT2D eigenvalue weighted by atomic mass is 127. The normalized spacial score (nSPS) is 20.8. The molecule has 2 N–H and O–H groups in total. The molecule has 1 amide bonds. The second kappa shape index (κ2) is 12.1. The Balaban J connectivity index is 0.00000341. The van der Waals surface area contributed by atoms with Crippen LogP contribution in [-0.2, 0) is 4.74 Å². The molecular formula is C22H38IN5O2S. The number of hydrogen-bond acceptors (Lipinski definition) is 5. The number of anilines is 1. The zero-order chi connectivity index (χ0) is 21.6. The van der Waals surface area contributed by atoms with Crippen LogP contribution in [0.1, 0.15) is 46.5 Å². The summed E-state index contributed by atoms with van der Waals surface area (Å²) in [5.74, 6) is 1.27. The summed E-state index contributed by atoms with van der Waals surface area (Å²) in [6.45, 7) is 10.2. The average Bonchev–Trinajstić information content (AvgIpc) is 3.25. The van der Waals surface area contributed by atoms with E-state index in [-0.39, 0.29) is 30.1 Å². The van der Waals surface area contributed by atoms with Gasteiger partial charge in [-0.3, -0.25) is 4.99 Å². The van der Waals surface area contributed by atoms with Crippen molar-refractivity contribution in [3.05, 3.63) is 17.5 Å². The Bertz CT molecular complexity index is 699. The molecule has 3 heterocycles. The average molecular weight is 564 g/mol. The molecule has 0 bridgehead atoms. The molecule has 2 saturated heterocycles. The molecule has 0 spiro atoms. The number of guanidine groups is 1. The van der Waals surface area contributed by atoms with E-state index in [9.17, 15) is 4.79 Å². The molecule has 1 atom stereocenters. The number of thiophene rings is 1. The third-order valence-corrected chi connectivity index (χ3v) is 6.54. The summed E-state index contributed by atoms with van der Waals surface area (Å²) in [4.78, 5) is 21.1. The highest BCUT2D eigenvalue weighted by Crippen LogP contribution is 2.25. The molecule has 1 aromatic heterocycles. The van der Waals surface area contributed by atoms with E-state index in [0.717, 1.165) is 64.4 Å². The monoisotopic (exact) mass is 563 g/mol. The van der Waals surface area contributed by atoms with E-state index in [1.54, 1.807) is 0 Å². The predicted molar refractivity (Wildman–Crippen MR) is 140 cm³/mol. The van der Waals surface area contributed by atoms with Gasteiger partial charge in [-0.1, -0.05) is 0 Å². The number of likely N-dealkylation sites (tertiary alicyclic amines) is 1. The van der Waals surface area contributed by atoms with Gasteiger partial charge in [0.15, 0.2) is 5.96 Å². The molecule has 1 aromatic rings. The Morgan fingerprint density at radius 3 is 2.61 bits per heavy atom. The number of carbonyl (C=O) groups is 1. The molecule has 0 radical (unpaired) electrons. The lowest BCUT2D eigenvalue weighted by Gasteiger charge is -2.35. The molecule has 9 heteroatoms. The zero-order valence-corrected chi connectivity index (χ0v) is 22.4. The fourth-order valence-corrected chi connectivity index (χ4v) is 4.83. The molecule has 3 rings (SSSR count). The van der Waals surface area contributed by atoms with E-state index >= 15 is 0 Å². The van der Waals surface area contributed by atoms with Crippen molar-refractivity contribution >= 4 is 52.4 Å². The molecule has 2 aliphatic heterocycles. The number of amides is 1. The molecule has 1 unspecified atom stereocenters. The summed E-state index contributed by atoms with van der Waals surface area (Å²) in [5.41, 5.74) is -0.451. The first kappa shape index (κ1) is 26.0. The van der Waals surface area contributed by atoms with Crippen molar-refractivity contribution in [2.75, 3.05) is 44.7 Å².